The number of hydrogen-bond acceptors (Lipinski definition) is 8. The quantitative estimate of drug-likeness (QED) is 0.186. The Morgan fingerprint density at radius 1 is 1.00 bits per heavy atom. The molecule has 170 valence electrons. The number of anilines is 3. The average molecular weight is 436 g/mol. The fourth-order valence-corrected chi connectivity index (χ4v) is 3.59. The summed E-state index contributed by atoms with van der Waals surface area (Å²) in [6, 6.07) is 13.9. The van der Waals surface area contributed by atoms with Crippen molar-refractivity contribution in [3.63, 3.8) is 0 Å². The summed E-state index contributed by atoms with van der Waals surface area (Å²) in [5, 5.41) is 16.9. The van der Waals surface area contributed by atoms with Crippen LogP contribution in [0.2, 0.25) is 0 Å². The second-order valence-corrected chi connectivity index (χ2v) is 7.89. The first-order valence-electron chi connectivity index (χ1n) is 10.7. The number of nitrogens with two attached hydrogens (primary N) is 2. The Hall–Kier alpha value is -3.20. The number of aliphatic hydroxyl groups is 1. The highest BCUT2D eigenvalue weighted by Crippen LogP contribution is 2.23. The smallest absolute Gasteiger partial charge is 0.185 e. The second kappa shape index (κ2) is 10.9. The molecule has 0 radical (unpaired) electrons. The predicted octanol–water partition coefficient (Wildman–Crippen LogP) is 2.09. The molecule has 1 heterocycles. The van der Waals surface area contributed by atoms with Gasteiger partial charge in [0, 0.05) is 24.8 Å². The molecular formula is C24H33N7O. The van der Waals surface area contributed by atoms with Crippen LogP contribution in [0.3, 0.4) is 0 Å². The van der Waals surface area contributed by atoms with Gasteiger partial charge in [0.15, 0.2) is 6.35 Å². The lowest BCUT2D eigenvalue weighted by molar-refractivity contribution is 0.138. The Kier molecular flexibility index (Phi) is 7.99. The van der Waals surface area contributed by atoms with Crippen LogP contribution in [0.1, 0.15) is 27.8 Å². The molecule has 2 aromatic carbocycles. The molecule has 1 unspecified atom stereocenters. The molecule has 1 atom stereocenters. The molecule has 8 nitrogen and oxygen atoms in total. The van der Waals surface area contributed by atoms with Crippen molar-refractivity contribution in [2.45, 2.75) is 39.7 Å². The maximum Gasteiger partial charge on any atom is 0.185 e. The number of benzene rings is 2. The van der Waals surface area contributed by atoms with E-state index in [4.69, 9.17) is 11.5 Å². The van der Waals surface area contributed by atoms with Gasteiger partial charge in [-0.3, -0.25) is 5.32 Å². The molecule has 7 N–H and O–H groups in total. The maximum atomic E-state index is 10.5. The predicted molar refractivity (Wildman–Crippen MR) is 130 cm³/mol. The number of nitrogens with one attached hydrogen (secondary N) is 2. The van der Waals surface area contributed by atoms with Gasteiger partial charge in [-0.2, -0.15) is 0 Å². The molecule has 8 heteroatoms. The zero-order valence-corrected chi connectivity index (χ0v) is 19.0. The van der Waals surface area contributed by atoms with Crippen LogP contribution in [0.5, 0.6) is 0 Å². The molecule has 0 aliphatic heterocycles. The van der Waals surface area contributed by atoms with Crippen molar-refractivity contribution in [2.75, 3.05) is 30.0 Å². The van der Waals surface area contributed by atoms with Gasteiger partial charge in [-0.1, -0.05) is 24.3 Å². The SMILES string of the molecule is CNC(O)N(Cc1ccc(CNCCc2ccc(N)cc2)c(C)c1C)c1cc(N)ncn1. The van der Waals surface area contributed by atoms with Crippen molar-refractivity contribution in [1.82, 2.24) is 20.6 Å². The van der Waals surface area contributed by atoms with Gasteiger partial charge in [0.1, 0.15) is 18.0 Å². The zero-order valence-electron chi connectivity index (χ0n) is 19.0. The molecule has 0 spiro atoms. The van der Waals surface area contributed by atoms with Gasteiger partial charge in [0.2, 0.25) is 0 Å². The molecule has 0 bridgehead atoms. The van der Waals surface area contributed by atoms with Crippen LogP contribution in [-0.2, 0) is 19.5 Å². The van der Waals surface area contributed by atoms with Gasteiger partial charge in [-0.05, 0) is 73.8 Å². The van der Waals surface area contributed by atoms with Crippen LogP contribution in [0.15, 0.2) is 48.8 Å². The molecule has 0 amide bonds. The lowest BCUT2D eigenvalue weighted by atomic mass is 9.97. The summed E-state index contributed by atoms with van der Waals surface area (Å²) in [5.74, 6) is 0.918. The van der Waals surface area contributed by atoms with Gasteiger partial charge in [0.25, 0.3) is 0 Å². The third-order valence-electron chi connectivity index (χ3n) is 5.76. The first-order chi connectivity index (χ1) is 15.4. The van der Waals surface area contributed by atoms with Crippen molar-refractivity contribution in [1.29, 1.82) is 0 Å². The highest BCUT2D eigenvalue weighted by atomic mass is 16.3. The molecular weight excluding hydrogens is 402 g/mol. The van der Waals surface area contributed by atoms with Crippen LogP contribution < -0.4 is 27.0 Å². The Bertz CT molecular complexity index is 1020. The molecule has 3 aromatic rings. The Balaban J connectivity index is 1.66. The second-order valence-electron chi connectivity index (χ2n) is 7.89. The number of aliphatic hydroxyl groups excluding tert-OH is 1. The van der Waals surface area contributed by atoms with Crippen LogP contribution in [0.4, 0.5) is 17.3 Å². The number of nitrogens with zero attached hydrogens (tertiary/aromatic N) is 3. The van der Waals surface area contributed by atoms with E-state index < -0.39 is 6.35 Å². The van der Waals surface area contributed by atoms with E-state index in [1.165, 1.54) is 28.6 Å². The van der Waals surface area contributed by atoms with Gasteiger partial charge in [-0.15, -0.1) is 0 Å². The molecule has 1 aromatic heterocycles. The van der Waals surface area contributed by atoms with Crippen molar-refractivity contribution >= 4 is 17.3 Å². The molecule has 0 saturated heterocycles. The van der Waals surface area contributed by atoms with Gasteiger partial charge >= 0.3 is 0 Å². The number of rotatable bonds is 10. The van der Waals surface area contributed by atoms with Crippen LogP contribution in [0.25, 0.3) is 0 Å². The van der Waals surface area contributed by atoms with Gasteiger partial charge < -0.3 is 26.8 Å². The first-order valence-corrected chi connectivity index (χ1v) is 10.7. The summed E-state index contributed by atoms with van der Waals surface area (Å²) in [6.45, 7) is 6.42. The first kappa shape index (κ1) is 23.5. The highest BCUT2D eigenvalue weighted by molar-refractivity contribution is 5.48. The number of nitrogen functional groups attached to an aromatic ring is 2. The Morgan fingerprint density at radius 3 is 2.38 bits per heavy atom. The fraction of sp³-hybridized carbons (Fsp3) is 0.333. The van der Waals surface area contributed by atoms with Crippen molar-refractivity contribution in [3.05, 3.63) is 76.6 Å². The molecule has 3 rings (SSSR count). The summed E-state index contributed by atoms with van der Waals surface area (Å²) in [4.78, 5) is 9.97. The van der Waals surface area contributed by atoms with E-state index in [-0.39, 0.29) is 0 Å². The van der Waals surface area contributed by atoms with Crippen LogP contribution >= 0.6 is 0 Å². The van der Waals surface area contributed by atoms with E-state index in [1.807, 2.05) is 12.1 Å². The van der Waals surface area contributed by atoms with Crippen molar-refractivity contribution < 1.29 is 5.11 Å². The summed E-state index contributed by atoms with van der Waals surface area (Å²) in [6.07, 6.45) is 1.45. The Labute approximate surface area is 189 Å². The van der Waals surface area contributed by atoms with E-state index in [0.29, 0.717) is 18.2 Å². The summed E-state index contributed by atoms with van der Waals surface area (Å²) in [5.41, 5.74) is 18.4. The molecule has 32 heavy (non-hydrogen) atoms. The lowest BCUT2D eigenvalue weighted by Crippen LogP contribution is -2.44. The van der Waals surface area contributed by atoms with Crippen molar-refractivity contribution in [2.24, 2.45) is 0 Å². The molecule has 0 fully saturated rings. The fourth-order valence-electron chi connectivity index (χ4n) is 3.59. The molecule has 0 aliphatic rings. The minimum absolute atomic E-state index is 0.358. The number of hydrogen-bond donors (Lipinski definition) is 5. The van der Waals surface area contributed by atoms with E-state index in [2.05, 4.69) is 58.7 Å². The van der Waals surface area contributed by atoms with E-state index in [9.17, 15) is 5.11 Å². The third kappa shape index (κ3) is 5.94. The minimum atomic E-state index is -0.904. The largest absolute Gasteiger partial charge is 0.399 e. The Morgan fingerprint density at radius 2 is 1.69 bits per heavy atom. The van der Waals surface area contributed by atoms with Gasteiger partial charge in [0.05, 0.1) is 0 Å². The zero-order chi connectivity index (χ0) is 23.1. The van der Waals surface area contributed by atoms with E-state index >= 15 is 0 Å². The van der Waals surface area contributed by atoms with E-state index in [1.54, 1.807) is 18.0 Å². The summed E-state index contributed by atoms with van der Waals surface area (Å²) >= 11 is 0. The van der Waals surface area contributed by atoms with Crippen molar-refractivity contribution in [3.8, 4) is 0 Å². The average Bonchev–Trinajstić information content (AvgIpc) is 2.79. The lowest BCUT2D eigenvalue weighted by Gasteiger charge is -2.29. The normalized spacial score (nSPS) is 12.0. The van der Waals surface area contributed by atoms with E-state index in [0.717, 1.165) is 30.8 Å². The van der Waals surface area contributed by atoms with Crippen LogP contribution in [0, 0.1) is 13.8 Å². The standard InChI is InChI=1S/C24H33N7O/c1-16-17(2)20(14-31(24(32)27-3)23-12-22(26)29-15-30-23)7-6-19(16)13-28-11-10-18-4-8-21(25)9-5-18/h4-9,12,15,24,27-28,32H,10-11,13-14,25H2,1-3H3,(H2,26,29,30). The molecule has 0 saturated carbocycles. The molecule has 0 aliphatic carbocycles. The maximum absolute atomic E-state index is 10.5. The topological polar surface area (TPSA) is 125 Å². The minimum Gasteiger partial charge on any atom is -0.399 e. The number of aromatic nitrogens is 2. The monoisotopic (exact) mass is 435 g/mol. The highest BCUT2D eigenvalue weighted by Gasteiger charge is 2.19. The third-order valence-corrected chi connectivity index (χ3v) is 5.76. The van der Waals surface area contributed by atoms with Gasteiger partial charge in [-0.25, -0.2) is 9.97 Å². The summed E-state index contributed by atoms with van der Waals surface area (Å²) in [7, 11) is 1.69. The summed E-state index contributed by atoms with van der Waals surface area (Å²) < 4.78 is 0. The van der Waals surface area contributed by atoms with Crippen LogP contribution in [-0.4, -0.2) is 35.0 Å².